The molecule has 6 heteroatoms. The summed E-state index contributed by atoms with van der Waals surface area (Å²) in [6.07, 6.45) is 0. The Morgan fingerprint density at radius 1 is 1.41 bits per heavy atom. The average Bonchev–Trinajstić information content (AvgIpc) is 2.71. The van der Waals surface area contributed by atoms with Crippen LogP contribution in [0.25, 0.3) is 0 Å². The number of aryl methyl sites for hydroxylation is 2. The highest BCUT2D eigenvalue weighted by Crippen LogP contribution is 2.11. The molecule has 0 atom stereocenters. The second-order valence-electron chi connectivity index (χ2n) is 3.72. The maximum atomic E-state index is 5.58. The first-order valence-electron chi connectivity index (χ1n) is 5.41. The third-order valence-electron chi connectivity index (χ3n) is 2.26. The van der Waals surface area contributed by atoms with Gasteiger partial charge in [-0.3, -0.25) is 0 Å². The van der Waals surface area contributed by atoms with E-state index in [1.807, 2.05) is 31.2 Å². The van der Waals surface area contributed by atoms with Crippen molar-refractivity contribution >= 4 is 5.95 Å². The largest absolute Gasteiger partial charge is 0.492 e. The molecule has 6 nitrogen and oxygen atoms in total. The number of ether oxygens (including phenoxy) is 1. The zero-order valence-corrected chi connectivity index (χ0v) is 9.92. The van der Waals surface area contributed by atoms with Crippen LogP contribution in [0.15, 0.2) is 24.3 Å². The van der Waals surface area contributed by atoms with Crippen LogP contribution in [0.1, 0.15) is 5.56 Å². The second kappa shape index (κ2) is 5.29. The van der Waals surface area contributed by atoms with Gasteiger partial charge in [-0.1, -0.05) is 17.2 Å². The Morgan fingerprint density at radius 2 is 2.29 bits per heavy atom. The quantitative estimate of drug-likeness (QED) is 0.781. The highest BCUT2D eigenvalue weighted by atomic mass is 16.5. The Labute approximate surface area is 99.6 Å². The Hall–Kier alpha value is -2.11. The van der Waals surface area contributed by atoms with Crippen LogP contribution in [-0.4, -0.2) is 33.4 Å². The van der Waals surface area contributed by atoms with Gasteiger partial charge >= 0.3 is 0 Å². The van der Waals surface area contributed by atoms with Gasteiger partial charge in [0.1, 0.15) is 12.4 Å². The predicted octanol–water partition coefficient (Wildman–Crippen LogP) is 1.01. The average molecular weight is 233 g/mol. The topological polar surface area (TPSA) is 64.9 Å². The van der Waals surface area contributed by atoms with Crippen molar-refractivity contribution in [2.45, 2.75) is 6.92 Å². The minimum absolute atomic E-state index is 0.566. The minimum Gasteiger partial charge on any atom is -0.492 e. The fraction of sp³-hybridized carbons (Fsp3) is 0.364. The Morgan fingerprint density at radius 3 is 3.00 bits per heavy atom. The van der Waals surface area contributed by atoms with E-state index in [1.165, 1.54) is 5.56 Å². The van der Waals surface area contributed by atoms with Crippen LogP contribution >= 0.6 is 0 Å². The second-order valence-corrected chi connectivity index (χ2v) is 3.72. The highest BCUT2D eigenvalue weighted by Gasteiger charge is 1.99. The fourth-order valence-corrected chi connectivity index (χ4v) is 1.42. The summed E-state index contributed by atoms with van der Waals surface area (Å²) in [6, 6.07) is 7.96. The van der Waals surface area contributed by atoms with E-state index in [-0.39, 0.29) is 0 Å². The molecule has 0 aliphatic heterocycles. The van der Waals surface area contributed by atoms with Gasteiger partial charge in [-0.15, -0.1) is 0 Å². The fourth-order valence-electron chi connectivity index (χ4n) is 1.42. The lowest BCUT2D eigenvalue weighted by Crippen LogP contribution is -2.14. The first kappa shape index (κ1) is 11.4. The Kier molecular flexibility index (Phi) is 3.54. The molecule has 0 radical (unpaired) electrons. The molecule has 2 rings (SSSR count). The molecular weight excluding hydrogens is 218 g/mol. The maximum absolute atomic E-state index is 5.58. The van der Waals surface area contributed by atoms with E-state index < -0.39 is 0 Å². The van der Waals surface area contributed by atoms with Crippen molar-refractivity contribution in [1.82, 2.24) is 20.2 Å². The Balaban J connectivity index is 1.75. The predicted molar refractivity (Wildman–Crippen MR) is 64.0 cm³/mol. The number of nitrogens with zero attached hydrogens (tertiary/aromatic N) is 4. The van der Waals surface area contributed by atoms with Crippen molar-refractivity contribution in [2.24, 2.45) is 7.05 Å². The molecule has 0 amide bonds. The van der Waals surface area contributed by atoms with Gasteiger partial charge < -0.3 is 10.1 Å². The molecule has 2 aromatic rings. The zero-order valence-electron chi connectivity index (χ0n) is 9.92. The van der Waals surface area contributed by atoms with E-state index in [2.05, 4.69) is 20.8 Å². The summed E-state index contributed by atoms with van der Waals surface area (Å²) in [6.45, 7) is 3.26. The molecule has 0 spiro atoms. The number of aromatic nitrogens is 4. The summed E-state index contributed by atoms with van der Waals surface area (Å²) < 4.78 is 7.16. The lowest BCUT2D eigenvalue weighted by molar-refractivity contribution is 0.332. The van der Waals surface area contributed by atoms with Gasteiger partial charge in [0.2, 0.25) is 5.95 Å². The third kappa shape index (κ3) is 3.17. The van der Waals surface area contributed by atoms with E-state index in [0.717, 1.165) is 5.75 Å². The number of benzene rings is 1. The standard InChI is InChI=1S/C11H15N5O/c1-9-4-3-5-10(8-9)17-7-6-12-11-13-14-15-16(11)2/h3-5,8H,6-7H2,1-2H3,(H,12,13,15). The first-order valence-corrected chi connectivity index (χ1v) is 5.41. The van der Waals surface area contributed by atoms with E-state index in [0.29, 0.717) is 19.1 Å². The number of hydrogen-bond acceptors (Lipinski definition) is 5. The monoisotopic (exact) mass is 233 g/mol. The number of hydrogen-bond donors (Lipinski definition) is 1. The van der Waals surface area contributed by atoms with Crippen LogP contribution in [0.3, 0.4) is 0 Å². The van der Waals surface area contributed by atoms with Crippen molar-refractivity contribution < 1.29 is 4.74 Å². The number of rotatable bonds is 5. The third-order valence-corrected chi connectivity index (χ3v) is 2.26. The molecule has 0 aliphatic rings. The molecule has 17 heavy (non-hydrogen) atoms. The van der Waals surface area contributed by atoms with Gasteiger partial charge in [-0.2, -0.15) is 0 Å². The van der Waals surface area contributed by atoms with Gasteiger partial charge in [0.05, 0.1) is 6.54 Å². The van der Waals surface area contributed by atoms with Crippen molar-refractivity contribution in [3.63, 3.8) is 0 Å². The van der Waals surface area contributed by atoms with E-state index in [1.54, 1.807) is 11.7 Å². The van der Waals surface area contributed by atoms with Crippen LogP contribution in [-0.2, 0) is 7.05 Å². The van der Waals surface area contributed by atoms with E-state index in [9.17, 15) is 0 Å². The van der Waals surface area contributed by atoms with Gasteiger partial charge in [0, 0.05) is 7.05 Å². The van der Waals surface area contributed by atoms with Gasteiger partial charge in [0.25, 0.3) is 0 Å². The van der Waals surface area contributed by atoms with Crippen LogP contribution < -0.4 is 10.1 Å². The van der Waals surface area contributed by atoms with Crippen molar-refractivity contribution in [3.8, 4) is 5.75 Å². The summed E-state index contributed by atoms with van der Waals surface area (Å²) in [4.78, 5) is 0. The Bertz CT molecular complexity index is 482. The molecule has 0 saturated heterocycles. The first-order chi connectivity index (χ1) is 8.25. The lowest BCUT2D eigenvalue weighted by Gasteiger charge is -2.07. The highest BCUT2D eigenvalue weighted by molar-refractivity contribution is 5.27. The molecule has 1 N–H and O–H groups in total. The summed E-state index contributed by atoms with van der Waals surface area (Å²) in [7, 11) is 1.78. The van der Waals surface area contributed by atoms with Gasteiger partial charge in [0.15, 0.2) is 0 Å². The number of anilines is 1. The van der Waals surface area contributed by atoms with Gasteiger partial charge in [-0.25, -0.2) is 4.68 Å². The molecule has 1 aromatic carbocycles. The van der Waals surface area contributed by atoms with Crippen molar-refractivity contribution in [3.05, 3.63) is 29.8 Å². The zero-order chi connectivity index (χ0) is 12.1. The smallest absolute Gasteiger partial charge is 0.242 e. The molecule has 0 bridgehead atoms. The lowest BCUT2D eigenvalue weighted by atomic mass is 10.2. The molecule has 1 aromatic heterocycles. The number of tetrazole rings is 1. The van der Waals surface area contributed by atoms with Crippen LogP contribution in [0.2, 0.25) is 0 Å². The maximum Gasteiger partial charge on any atom is 0.242 e. The van der Waals surface area contributed by atoms with Crippen LogP contribution in [0, 0.1) is 6.92 Å². The van der Waals surface area contributed by atoms with E-state index in [4.69, 9.17) is 4.74 Å². The molecule has 0 saturated carbocycles. The van der Waals surface area contributed by atoms with Crippen LogP contribution in [0.4, 0.5) is 5.95 Å². The van der Waals surface area contributed by atoms with Crippen molar-refractivity contribution in [2.75, 3.05) is 18.5 Å². The van der Waals surface area contributed by atoms with Crippen molar-refractivity contribution in [1.29, 1.82) is 0 Å². The minimum atomic E-state index is 0.566. The summed E-state index contributed by atoms with van der Waals surface area (Å²) in [5, 5.41) is 14.1. The number of nitrogens with one attached hydrogen (secondary N) is 1. The molecule has 1 heterocycles. The molecule has 0 unspecified atom stereocenters. The SMILES string of the molecule is Cc1cccc(OCCNc2nnnn2C)c1. The van der Waals surface area contributed by atoms with Crippen LogP contribution in [0.5, 0.6) is 5.75 Å². The summed E-state index contributed by atoms with van der Waals surface area (Å²) >= 11 is 0. The molecule has 0 fully saturated rings. The summed E-state index contributed by atoms with van der Waals surface area (Å²) in [5.74, 6) is 1.51. The van der Waals surface area contributed by atoms with E-state index >= 15 is 0 Å². The normalized spacial score (nSPS) is 10.2. The molecular formula is C11H15N5O. The van der Waals surface area contributed by atoms with Gasteiger partial charge in [-0.05, 0) is 35.0 Å². The molecule has 90 valence electrons. The molecule has 0 aliphatic carbocycles. The summed E-state index contributed by atoms with van der Waals surface area (Å²) in [5.41, 5.74) is 1.19.